The third-order valence-corrected chi connectivity index (χ3v) is 7.67. The van der Waals surface area contributed by atoms with Gasteiger partial charge in [0.05, 0.1) is 18.7 Å². The quantitative estimate of drug-likeness (QED) is 0.596. The van der Waals surface area contributed by atoms with E-state index in [0.29, 0.717) is 25.0 Å². The fraction of sp³-hybridized carbons (Fsp3) is 0.731. The van der Waals surface area contributed by atoms with Crippen LogP contribution in [-0.4, -0.2) is 35.5 Å². The highest BCUT2D eigenvalue weighted by molar-refractivity contribution is 5.82. The molecule has 4 rings (SSSR count). The first-order chi connectivity index (χ1) is 15.7. The van der Waals surface area contributed by atoms with Gasteiger partial charge in [0.15, 0.2) is 0 Å². The van der Waals surface area contributed by atoms with E-state index in [4.69, 9.17) is 4.74 Å². The molecule has 1 aromatic heterocycles. The lowest BCUT2D eigenvalue weighted by molar-refractivity contribution is -0.127. The lowest BCUT2D eigenvalue weighted by Gasteiger charge is -2.24. The van der Waals surface area contributed by atoms with Gasteiger partial charge >= 0.3 is 0 Å². The van der Waals surface area contributed by atoms with Crippen LogP contribution in [0.4, 0.5) is 0 Å². The molecule has 3 aliphatic carbocycles. The zero-order valence-corrected chi connectivity index (χ0v) is 19.3. The van der Waals surface area contributed by atoms with Crippen molar-refractivity contribution in [2.45, 2.75) is 95.6 Å². The summed E-state index contributed by atoms with van der Waals surface area (Å²) in [6.45, 7) is 0.549. The Kier molecular flexibility index (Phi) is 8.41. The molecule has 3 saturated carbocycles. The molecule has 3 fully saturated rings. The Bertz CT molecular complexity index is 729. The molecule has 2 N–H and O–H groups in total. The number of carbonyl (C=O) groups excluding carboxylic acids is 2. The molecule has 0 aromatic carbocycles. The van der Waals surface area contributed by atoms with Crippen molar-refractivity contribution in [2.24, 2.45) is 17.8 Å². The van der Waals surface area contributed by atoms with Crippen LogP contribution in [0.2, 0.25) is 0 Å². The van der Waals surface area contributed by atoms with Crippen molar-refractivity contribution in [2.75, 3.05) is 6.61 Å². The fourth-order valence-electron chi connectivity index (χ4n) is 5.84. The van der Waals surface area contributed by atoms with E-state index in [2.05, 4.69) is 15.6 Å². The number of aromatic nitrogens is 1. The Morgan fingerprint density at radius 1 is 0.969 bits per heavy atom. The van der Waals surface area contributed by atoms with Gasteiger partial charge in [0.25, 0.3) is 0 Å². The van der Waals surface area contributed by atoms with Crippen LogP contribution in [0.5, 0.6) is 5.75 Å². The van der Waals surface area contributed by atoms with Crippen LogP contribution in [0.1, 0.15) is 83.5 Å². The third kappa shape index (κ3) is 6.69. The summed E-state index contributed by atoms with van der Waals surface area (Å²) in [4.78, 5) is 30.0. The Balaban J connectivity index is 1.31. The SMILES string of the molecule is O=C(CCC1CCCCC1)N[C@@H]1C[C@H](COc2cccnc2)C[C@H]1C(=O)NC1CCCC1. The molecule has 3 atom stereocenters. The van der Waals surface area contributed by atoms with Crippen molar-refractivity contribution in [1.82, 2.24) is 15.6 Å². The second-order valence-electron chi connectivity index (χ2n) is 10.2. The van der Waals surface area contributed by atoms with Gasteiger partial charge in [-0.05, 0) is 56.1 Å². The monoisotopic (exact) mass is 441 g/mol. The highest BCUT2D eigenvalue weighted by Gasteiger charge is 2.40. The number of amides is 2. The van der Waals surface area contributed by atoms with Crippen LogP contribution in [0, 0.1) is 17.8 Å². The summed E-state index contributed by atoms with van der Waals surface area (Å²) in [7, 11) is 0. The zero-order valence-electron chi connectivity index (χ0n) is 19.3. The molecule has 3 aliphatic rings. The summed E-state index contributed by atoms with van der Waals surface area (Å²) in [5.41, 5.74) is 0. The average Bonchev–Trinajstić information content (AvgIpc) is 3.47. The van der Waals surface area contributed by atoms with Gasteiger partial charge in [-0.25, -0.2) is 0 Å². The van der Waals surface area contributed by atoms with E-state index < -0.39 is 0 Å². The maximum Gasteiger partial charge on any atom is 0.225 e. The first kappa shape index (κ1) is 23.1. The predicted octanol–water partition coefficient (Wildman–Crippen LogP) is 4.39. The molecule has 0 bridgehead atoms. The Hall–Kier alpha value is -2.11. The van der Waals surface area contributed by atoms with Gasteiger partial charge in [0, 0.05) is 24.7 Å². The van der Waals surface area contributed by atoms with Crippen LogP contribution < -0.4 is 15.4 Å². The van der Waals surface area contributed by atoms with Crippen molar-refractivity contribution in [1.29, 1.82) is 0 Å². The van der Waals surface area contributed by atoms with Crippen LogP contribution in [0.25, 0.3) is 0 Å². The lowest BCUT2D eigenvalue weighted by atomic mass is 9.86. The number of nitrogens with one attached hydrogen (secondary N) is 2. The van der Waals surface area contributed by atoms with Gasteiger partial charge in [0.2, 0.25) is 11.8 Å². The summed E-state index contributed by atoms with van der Waals surface area (Å²) in [5.74, 6) is 1.74. The number of nitrogens with zero attached hydrogens (tertiary/aromatic N) is 1. The van der Waals surface area contributed by atoms with Gasteiger partial charge in [-0.2, -0.15) is 0 Å². The number of pyridine rings is 1. The average molecular weight is 442 g/mol. The molecular formula is C26H39N3O3. The fourth-order valence-corrected chi connectivity index (χ4v) is 5.84. The topological polar surface area (TPSA) is 80.3 Å². The standard InChI is InChI=1S/C26H39N3O3/c30-25(13-12-19-7-2-1-3-8-19)29-24-16-20(18-32-22-11-6-14-27-17-22)15-23(24)26(31)28-21-9-4-5-10-21/h6,11,14,17,19-21,23-24H,1-5,7-10,12-13,15-16,18H2,(H,28,31)(H,29,30)/t20-,23-,24-/m1/s1. The highest BCUT2D eigenvalue weighted by Crippen LogP contribution is 2.33. The van der Waals surface area contributed by atoms with Crippen LogP contribution in [0.15, 0.2) is 24.5 Å². The molecule has 6 heteroatoms. The summed E-state index contributed by atoms with van der Waals surface area (Å²) in [6, 6.07) is 3.96. The molecule has 0 unspecified atom stereocenters. The summed E-state index contributed by atoms with van der Waals surface area (Å²) in [6.07, 6.45) is 17.5. The summed E-state index contributed by atoms with van der Waals surface area (Å²) in [5, 5.41) is 6.50. The van der Waals surface area contributed by atoms with Gasteiger partial charge in [-0.1, -0.05) is 44.9 Å². The van der Waals surface area contributed by atoms with Crippen LogP contribution in [-0.2, 0) is 9.59 Å². The number of rotatable bonds is 9. The normalized spacial score (nSPS) is 26.7. The minimum Gasteiger partial charge on any atom is -0.492 e. The molecule has 0 spiro atoms. The second kappa shape index (κ2) is 11.7. The van der Waals surface area contributed by atoms with Crippen molar-refractivity contribution < 1.29 is 14.3 Å². The Labute approximate surface area is 192 Å². The summed E-state index contributed by atoms with van der Waals surface area (Å²) < 4.78 is 5.92. The molecule has 0 saturated heterocycles. The van der Waals surface area contributed by atoms with Gasteiger partial charge in [0.1, 0.15) is 5.75 Å². The Morgan fingerprint density at radius 2 is 1.75 bits per heavy atom. The molecule has 0 aliphatic heterocycles. The highest BCUT2D eigenvalue weighted by atomic mass is 16.5. The van der Waals surface area contributed by atoms with Crippen molar-refractivity contribution in [3.63, 3.8) is 0 Å². The molecule has 2 amide bonds. The Morgan fingerprint density at radius 3 is 2.50 bits per heavy atom. The minimum absolute atomic E-state index is 0.0993. The molecule has 1 heterocycles. The maximum atomic E-state index is 13.1. The van der Waals surface area contributed by atoms with Gasteiger partial charge in [-0.3, -0.25) is 14.6 Å². The molecule has 6 nitrogen and oxygen atoms in total. The zero-order chi connectivity index (χ0) is 22.2. The third-order valence-electron chi connectivity index (χ3n) is 7.67. The van der Waals surface area contributed by atoms with Crippen LogP contribution >= 0.6 is 0 Å². The van der Waals surface area contributed by atoms with Gasteiger partial charge in [-0.15, -0.1) is 0 Å². The summed E-state index contributed by atoms with van der Waals surface area (Å²) >= 11 is 0. The van der Waals surface area contributed by atoms with E-state index in [1.165, 1.54) is 44.9 Å². The van der Waals surface area contributed by atoms with Crippen LogP contribution in [0.3, 0.4) is 0 Å². The van der Waals surface area contributed by atoms with E-state index in [1.54, 1.807) is 12.4 Å². The molecule has 1 aromatic rings. The smallest absolute Gasteiger partial charge is 0.225 e. The first-order valence-corrected chi connectivity index (χ1v) is 12.8. The predicted molar refractivity (Wildman–Crippen MR) is 124 cm³/mol. The molecule has 176 valence electrons. The van der Waals surface area contributed by atoms with Gasteiger partial charge < -0.3 is 15.4 Å². The first-order valence-electron chi connectivity index (χ1n) is 12.8. The van der Waals surface area contributed by atoms with Crippen molar-refractivity contribution >= 4 is 11.8 Å². The minimum atomic E-state index is -0.170. The molecule has 32 heavy (non-hydrogen) atoms. The largest absolute Gasteiger partial charge is 0.492 e. The van der Waals surface area contributed by atoms with E-state index in [-0.39, 0.29) is 29.7 Å². The van der Waals surface area contributed by atoms with E-state index in [1.807, 2.05) is 12.1 Å². The second-order valence-corrected chi connectivity index (χ2v) is 10.2. The van der Waals surface area contributed by atoms with E-state index in [0.717, 1.165) is 37.9 Å². The van der Waals surface area contributed by atoms with Crippen molar-refractivity contribution in [3.8, 4) is 5.75 Å². The van der Waals surface area contributed by atoms with E-state index in [9.17, 15) is 9.59 Å². The number of hydrogen-bond donors (Lipinski definition) is 2. The lowest BCUT2D eigenvalue weighted by Crippen LogP contribution is -2.46. The molecule has 0 radical (unpaired) electrons. The number of hydrogen-bond acceptors (Lipinski definition) is 4. The van der Waals surface area contributed by atoms with Crippen molar-refractivity contribution in [3.05, 3.63) is 24.5 Å². The number of carbonyl (C=O) groups is 2. The number of ether oxygens (including phenoxy) is 1. The maximum absolute atomic E-state index is 13.1. The van der Waals surface area contributed by atoms with E-state index >= 15 is 0 Å². The molecular weight excluding hydrogens is 402 g/mol.